The number of rotatable bonds is 7. The number of aromatic nitrogens is 1. The maximum atomic E-state index is 10.4. The van der Waals surface area contributed by atoms with Crippen molar-refractivity contribution in [2.75, 3.05) is 25.1 Å². The van der Waals surface area contributed by atoms with E-state index in [1.807, 2.05) is 0 Å². The molecule has 1 aromatic rings. The van der Waals surface area contributed by atoms with E-state index in [0.29, 0.717) is 24.5 Å². The van der Waals surface area contributed by atoms with E-state index in [1.165, 1.54) is 0 Å². The second kappa shape index (κ2) is 6.77. The Bertz CT molecular complexity index is 411. The van der Waals surface area contributed by atoms with Crippen molar-refractivity contribution >= 4 is 28.9 Å². The number of anilines is 1. The highest BCUT2D eigenvalue weighted by Crippen LogP contribution is 2.10. The quantitative estimate of drug-likeness (QED) is 0.453. The molecule has 1 amide bonds. The minimum absolute atomic E-state index is 0.0912. The summed E-state index contributed by atoms with van der Waals surface area (Å²) in [5.74, 6) is 0.106. The van der Waals surface area contributed by atoms with Gasteiger partial charge in [0.1, 0.15) is 17.4 Å². The number of primary amides is 1. The number of ether oxygens (including phenoxy) is 1. The number of nitrogens with one attached hydrogen (secondary N) is 1. The number of carbonyl (C=O) groups excluding carboxylic acids is 1. The summed E-state index contributed by atoms with van der Waals surface area (Å²) in [6.45, 7) is 0.738. The van der Waals surface area contributed by atoms with Crippen molar-refractivity contribution in [3.8, 4) is 0 Å². The van der Waals surface area contributed by atoms with Gasteiger partial charge in [-0.25, -0.2) is 4.98 Å². The van der Waals surface area contributed by atoms with Crippen molar-refractivity contribution in [3.05, 3.63) is 23.9 Å². The Kier molecular flexibility index (Phi) is 5.31. The Morgan fingerprint density at radius 1 is 1.53 bits per heavy atom. The van der Waals surface area contributed by atoms with Crippen LogP contribution >= 0.6 is 12.2 Å². The molecule has 0 radical (unpaired) electrons. The van der Waals surface area contributed by atoms with Crippen LogP contribution in [0.25, 0.3) is 0 Å². The smallest absolute Gasteiger partial charge is 0.243 e. The minimum atomic E-state index is -0.494. The van der Waals surface area contributed by atoms with Crippen LogP contribution in [0.3, 0.4) is 0 Å². The first-order valence-electron chi connectivity index (χ1n) is 4.96. The van der Waals surface area contributed by atoms with Crippen molar-refractivity contribution in [2.45, 2.75) is 0 Å². The molecule has 1 aromatic heterocycles. The van der Waals surface area contributed by atoms with Gasteiger partial charge in [0.2, 0.25) is 5.91 Å². The van der Waals surface area contributed by atoms with Gasteiger partial charge in [-0.2, -0.15) is 0 Å². The third-order valence-electron chi connectivity index (χ3n) is 1.86. The van der Waals surface area contributed by atoms with Gasteiger partial charge < -0.3 is 21.5 Å². The van der Waals surface area contributed by atoms with Gasteiger partial charge in [-0.05, 0) is 12.1 Å². The average molecular weight is 254 g/mol. The van der Waals surface area contributed by atoms with Gasteiger partial charge in [0.25, 0.3) is 0 Å². The highest BCUT2D eigenvalue weighted by molar-refractivity contribution is 7.80. The molecule has 0 aliphatic carbocycles. The molecule has 0 fully saturated rings. The summed E-state index contributed by atoms with van der Waals surface area (Å²) in [7, 11) is 0. The zero-order valence-electron chi connectivity index (χ0n) is 9.18. The van der Waals surface area contributed by atoms with E-state index >= 15 is 0 Å². The van der Waals surface area contributed by atoms with Crippen LogP contribution < -0.4 is 16.8 Å². The van der Waals surface area contributed by atoms with E-state index in [9.17, 15) is 4.79 Å². The second-order valence-corrected chi connectivity index (χ2v) is 3.65. The lowest BCUT2D eigenvalue weighted by Gasteiger charge is -2.09. The number of hydrogen-bond acceptors (Lipinski definition) is 5. The van der Waals surface area contributed by atoms with Gasteiger partial charge in [-0.1, -0.05) is 12.2 Å². The summed E-state index contributed by atoms with van der Waals surface area (Å²) in [5.41, 5.74) is 11.1. The lowest BCUT2D eigenvalue weighted by molar-refractivity contribution is -0.122. The molecule has 0 spiro atoms. The van der Waals surface area contributed by atoms with Gasteiger partial charge in [0, 0.05) is 12.7 Å². The summed E-state index contributed by atoms with van der Waals surface area (Å²) in [5, 5.41) is 3.01. The Morgan fingerprint density at radius 3 is 2.94 bits per heavy atom. The molecule has 17 heavy (non-hydrogen) atoms. The molecule has 0 aromatic carbocycles. The standard InChI is InChI=1S/C10H14N4O2S/c11-8(15)6-16-5-4-14-10-7(9(12)17)2-1-3-13-10/h1-3H,4-6H2,(H2,11,15)(H2,12,17)(H,13,14). The molecule has 92 valence electrons. The third kappa shape index (κ3) is 4.75. The van der Waals surface area contributed by atoms with Crippen LogP contribution in [-0.4, -0.2) is 35.6 Å². The molecule has 0 aliphatic heterocycles. The third-order valence-corrected chi connectivity index (χ3v) is 2.08. The molecular formula is C10H14N4O2S. The van der Waals surface area contributed by atoms with Crippen molar-refractivity contribution in [2.24, 2.45) is 11.5 Å². The Hall–Kier alpha value is -1.73. The molecule has 0 saturated heterocycles. The lowest BCUT2D eigenvalue weighted by atomic mass is 10.2. The highest BCUT2D eigenvalue weighted by Gasteiger charge is 2.04. The summed E-state index contributed by atoms with van der Waals surface area (Å²) in [6, 6.07) is 3.53. The molecule has 0 unspecified atom stereocenters. The molecule has 0 bridgehead atoms. The number of thiocarbonyl (C=S) groups is 1. The Balaban J connectivity index is 2.41. The minimum Gasteiger partial charge on any atom is -0.389 e. The number of pyridine rings is 1. The van der Waals surface area contributed by atoms with Crippen LogP contribution in [0.1, 0.15) is 5.56 Å². The van der Waals surface area contributed by atoms with Crippen LogP contribution in [-0.2, 0) is 9.53 Å². The fraction of sp³-hybridized carbons (Fsp3) is 0.300. The number of hydrogen-bond donors (Lipinski definition) is 3. The fourth-order valence-corrected chi connectivity index (χ4v) is 1.32. The van der Waals surface area contributed by atoms with Crippen molar-refractivity contribution in [1.82, 2.24) is 4.98 Å². The Morgan fingerprint density at radius 2 is 2.29 bits per heavy atom. The summed E-state index contributed by atoms with van der Waals surface area (Å²) >= 11 is 4.89. The number of nitrogens with zero attached hydrogens (tertiary/aromatic N) is 1. The number of amides is 1. The predicted molar refractivity (Wildman–Crippen MR) is 68.6 cm³/mol. The fourth-order valence-electron chi connectivity index (χ4n) is 1.16. The molecule has 0 aliphatic rings. The largest absolute Gasteiger partial charge is 0.389 e. The van der Waals surface area contributed by atoms with E-state index in [0.717, 1.165) is 0 Å². The van der Waals surface area contributed by atoms with Gasteiger partial charge in [-0.15, -0.1) is 0 Å². The SMILES string of the molecule is NC(=O)COCCNc1ncccc1C(N)=S. The lowest BCUT2D eigenvalue weighted by Crippen LogP contribution is -2.21. The van der Waals surface area contributed by atoms with Crippen LogP contribution in [0.2, 0.25) is 0 Å². The molecule has 6 nitrogen and oxygen atoms in total. The van der Waals surface area contributed by atoms with Gasteiger partial charge in [0.15, 0.2) is 0 Å². The van der Waals surface area contributed by atoms with Crippen LogP contribution in [0.5, 0.6) is 0 Å². The first-order valence-corrected chi connectivity index (χ1v) is 5.37. The first kappa shape index (κ1) is 13.3. The van der Waals surface area contributed by atoms with Gasteiger partial charge in [0.05, 0.1) is 12.2 Å². The average Bonchev–Trinajstić information content (AvgIpc) is 2.28. The van der Waals surface area contributed by atoms with E-state index in [4.69, 9.17) is 28.4 Å². The summed E-state index contributed by atoms with van der Waals surface area (Å²) in [4.78, 5) is 14.8. The molecular weight excluding hydrogens is 240 g/mol. The van der Waals surface area contributed by atoms with Crippen LogP contribution in [0.15, 0.2) is 18.3 Å². The van der Waals surface area contributed by atoms with E-state index in [-0.39, 0.29) is 11.6 Å². The highest BCUT2D eigenvalue weighted by atomic mass is 32.1. The van der Waals surface area contributed by atoms with E-state index < -0.39 is 5.91 Å². The van der Waals surface area contributed by atoms with Crippen LogP contribution in [0.4, 0.5) is 5.82 Å². The first-order chi connectivity index (χ1) is 8.11. The normalized spacial score (nSPS) is 9.88. The van der Waals surface area contributed by atoms with Crippen molar-refractivity contribution < 1.29 is 9.53 Å². The maximum Gasteiger partial charge on any atom is 0.243 e. The number of carbonyl (C=O) groups is 1. The van der Waals surface area contributed by atoms with Crippen molar-refractivity contribution in [1.29, 1.82) is 0 Å². The molecule has 0 saturated carbocycles. The van der Waals surface area contributed by atoms with Crippen molar-refractivity contribution in [3.63, 3.8) is 0 Å². The molecule has 7 heteroatoms. The Labute approximate surface area is 104 Å². The number of nitrogens with two attached hydrogens (primary N) is 2. The summed E-state index contributed by atoms with van der Waals surface area (Å²) in [6.07, 6.45) is 1.63. The van der Waals surface area contributed by atoms with Gasteiger partial charge in [-0.3, -0.25) is 4.79 Å². The molecule has 0 atom stereocenters. The van der Waals surface area contributed by atoms with E-state index in [1.54, 1.807) is 18.3 Å². The zero-order chi connectivity index (χ0) is 12.7. The van der Waals surface area contributed by atoms with E-state index in [2.05, 4.69) is 10.3 Å². The second-order valence-electron chi connectivity index (χ2n) is 3.21. The van der Waals surface area contributed by atoms with Gasteiger partial charge >= 0.3 is 0 Å². The molecule has 5 N–H and O–H groups in total. The molecule has 1 rings (SSSR count). The van der Waals surface area contributed by atoms with Crippen LogP contribution in [0, 0.1) is 0 Å². The predicted octanol–water partition coefficient (Wildman–Crippen LogP) is -0.370. The topological polar surface area (TPSA) is 103 Å². The summed E-state index contributed by atoms with van der Waals surface area (Å²) < 4.78 is 4.99. The zero-order valence-corrected chi connectivity index (χ0v) is 10.00. The maximum absolute atomic E-state index is 10.4. The molecule has 1 heterocycles. The monoisotopic (exact) mass is 254 g/mol.